The van der Waals surface area contributed by atoms with Gasteiger partial charge in [0.15, 0.2) is 5.82 Å². The Balaban J connectivity index is 1.85. The topological polar surface area (TPSA) is 99.6 Å². The Kier molecular flexibility index (Phi) is 6.70. The number of fused-ring (bicyclic) bond motifs is 1. The Bertz CT molecular complexity index is 1450. The lowest BCUT2D eigenvalue weighted by Crippen LogP contribution is -2.20. The molecular formula is C25H21ClN4O4. The van der Waals surface area contributed by atoms with Crippen LogP contribution in [0.2, 0.25) is 5.02 Å². The maximum Gasteiger partial charge on any atom is 0.313 e. The van der Waals surface area contributed by atoms with Gasteiger partial charge < -0.3 is 4.74 Å². The highest BCUT2D eigenvalue weighted by Gasteiger charge is 2.22. The van der Waals surface area contributed by atoms with Crippen LogP contribution in [0, 0.1) is 10.1 Å². The minimum atomic E-state index is -0.555. The third-order valence-electron chi connectivity index (χ3n) is 5.25. The van der Waals surface area contributed by atoms with Crippen LogP contribution in [-0.4, -0.2) is 26.9 Å². The highest BCUT2D eigenvalue weighted by atomic mass is 35.5. The van der Waals surface area contributed by atoms with Crippen LogP contribution in [0.3, 0.4) is 0 Å². The molecule has 0 aliphatic heterocycles. The van der Waals surface area contributed by atoms with Crippen molar-refractivity contribution in [1.29, 1.82) is 0 Å². The summed E-state index contributed by atoms with van der Waals surface area (Å²) in [5.41, 5.74) is 0.943. The molecule has 0 saturated heterocycles. The molecule has 9 heteroatoms. The van der Waals surface area contributed by atoms with Gasteiger partial charge in [-0.05, 0) is 31.5 Å². The summed E-state index contributed by atoms with van der Waals surface area (Å²) in [5, 5.41) is 16.5. The van der Waals surface area contributed by atoms with E-state index in [0.717, 1.165) is 0 Å². The van der Waals surface area contributed by atoms with E-state index in [9.17, 15) is 14.9 Å². The molecule has 3 aromatic carbocycles. The first-order valence-corrected chi connectivity index (χ1v) is 11.0. The number of nitro benzene ring substituents is 1. The smallest absolute Gasteiger partial charge is 0.313 e. The summed E-state index contributed by atoms with van der Waals surface area (Å²) in [6, 6.07) is 19.0. The van der Waals surface area contributed by atoms with Gasteiger partial charge in [-0.25, -0.2) is 4.98 Å². The molecule has 0 fully saturated rings. The Morgan fingerprint density at radius 3 is 2.59 bits per heavy atom. The molecule has 0 unspecified atom stereocenters. The van der Waals surface area contributed by atoms with E-state index in [-0.39, 0.29) is 28.1 Å². The number of rotatable bonds is 7. The maximum atomic E-state index is 13.2. The van der Waals surface area contributed by atoms with Crippen LogP contribution in [0.15, 0.2) is 76.6 Å². The molecule has 0 aliphatic carbocycles. The first-order valence-electron chi connectivity index (χ1n) is 10.6. The summed E-state index contributed by atoms with van der Waals surface area (Å²) in [5.74, 6) is 0.352. The number of hydrogen-bond acceptors (Lipinski definition) is 6. The van der Waals surface area contributed by atoms with Crippen LogP contribution in [0.4, 0.5) is 5.69 Å². The molecule has 172 valence electrons. The molecule has 8 nitrogen and oxygen atoms in total. The second kappa shape index (κ2) is 9.84. The molecule has 0 bridgehead atoms. The lowest BCUT2D eigenvalue weighted by Gasteiger charge is -2.14. The van der Waals surface area contributed by atoms with Crippen LogP contribution in [0.5, 0.6) is 5.75 Å². The van der Waals surface area contributed by atoms with Crippen molar-refractivity contribution in [3.63, 3.8) is 0 Å². The van der Waals surface area contributed by atoms with Gasteiger partial charge in [-0.2, -0.15) is 9.78 Å². The Labute approximate surface area is 200 Å². The minimum absolute atomic E-state index is 0.00711. The molecule has 0 saturated carbocycles. The lowest BCUT2D eigenvalue weighted by atomic mass is 10.2. The highest BCUT2D eigenvalue weighted by Crippen LogP contribution is 2.36. The second-order valence-corrected chi connectivity index (χ2v) is 8.03. The van der Waals surface area contributed by atoms with Crippen molar-refractivity contribution >= 4 is 34.4 Å². The molecule has 1 heterocycles. The van der Waals surface area contributed by atoms with E-state index < -0.39 is 4.92 Å². The molecule has 0 amide bonds. The molecule has 0 N–H and O–H groups in total. The lowest BCUT2D eigenvalue weighted by molar-refractivity contribution is -0.386. The van der Waals surface area contributed by atoms with Crippen molar-refractivity contribution in [3.05, 3.63) is 97.8 Å². The Morgan fingerprint density at radius 2 is 1.88 bits per heavy atom. The fourth-order valence-corrected chi connectivity index (χ4v) is 3.61. The van der Waals surface area contributed by atoms with Crippen molar-refractivity contribution in [3.8, 4) is 17.1 Å². The second-order valence-electron chi connectivity index (χ2n) is 7.62. The quantitative estimate of drug-likeness (QED) is 0.194. The molecule has 4 aromatic rings. The van der Waals surface area contributed by atoms with E-state index in [1.165, 1.54) is 23.0 Å². The van der Waals surface area contributed by atoms with Gasteiger partial charge in [0.2, 0.25) is 5.75 Å². The summed E-state index contributed by atoms with van der Waals surface area (Å²) in [6.07, 6.45) is 1.76. The summed E-state index contributed by atoms with van der Waals surface area (Å²) in [4.78, 5) is 29.0. The number of para-hydroxylation sites is 1. The predicted octanol–water partition coefficient (Wildman–Crippen LogP) is 5.68. The van der Waals surface area contributed by atoms with Crippen molar-refractivity contribution < 1.29 is 9.66 Å². The molecule has 1 atom stereocenters. The SMILES string of the molecule is CC[C@@H](C)Oc1c(Cl)cc(C=Nn2c(-c3ccccc3)nc3ccccc3c2=O)cc1[N+](=O)[O-]. The monoisotopic (exact) mass is 476 g/mol. The van der Waals surface area contributed by atoms with Crippen LogP contribution in [-0.2, 0) is 0 Å². The highest BCUT2D eigenvalue weighted by molar-refractivity contribution is 6.32. The van der Waals surface area contributed by atoms with Crippen LogP contribution in [0.1, 0.15) is 25.8 Å². The van der Waals surface area contributed by atoms with Crippen LogP contribution >= 0.6 is 11.6 Å². The largest absolute Gasteiger partial charge is 0.483 e. The van der Waals surface area contributed by atoms with E-state index in [1.807, 2.05) is 37.3 Å². The van der Waals surface area contributed by atoms with Crippen LogP contribution in [0.25, 0.3) is 22.3 Å². The van der Waals surface area contributed by atoms with E-state index in [1.54, 1.807) is 31.2 Å². The van der Waals surface area contributed by atoms with Gasteiger partial charge >= 0.3 is 5.69 Å². The number of benzene rings is 3. The zero-order valence-corrected chi connectivity index (χ0v) is 19.3. The van der Waals surface area contributed by atoms with Crippen molar-refractivity contribution in [1.82, 2.24) is 9.66 Å². The zero-order chi connectivity index (χ0) is 24.2. The molecular weight excluding hydrogens is 456 g/mol. The Morgan fingerprint density at radius 1 is 1.18 bits per heavy atom. The fourth-order valence-electron chi connectivity index (χ4n) is 3.34. The van der Waals surface area contributed by atoms with Gasteiger partial charge in [0.05, 0.1) is 33.2 Å². The summed E-state index contributed by atoms with van der Waals surface area (Å²) >= 11 is 6.33. The van der Waals surface area contributed by atoms with Gasteiger partial charge in [-0.1, -0.05) is 61.0 Å². The normalized spacial score (nSPS) is 12.2. The fraction of sp³-hybridized carbons (Fsp3) is 0.160. The van der Waals surface area contributed by atoms with E-state index in [4.69, 9.17) is 16.3 Å². The van der Waals surface area contributed by atoms with E-state index in [0.29, 0.717) is 34.3 Å². The number of ether oxygens (including phenoxy) is 1. The molecule has 0 radical (unpaired) electrons. The molecule has 4 rings (SSSR count). The third kappa shape index (κ3) is 4.67. The van der Waals surface area contributed by atoms with Gasteiger partial charge in [-0.3, -0.25) is 14.9 Å². The minimum Gasteiger partial charge on any atom is -0.483 e. The predicted molar refractivity (Wildman–Crippen MR) is 133 cm³/mol. The van der Waals surface area contributed by atoms with Gasteiger partial charge in [0.25, 0.3) is 5.56 Å². The van der Waals surface area contributed by atoms with Gasteiger partial charge in [0, 0.05) is 17.2 Å². The summed E-state index contributed by atoms with van der Waals surface area (Å²) in [7, 11) is 0. The van der Waals surface area contributed by atoms with Gasteiger partial charge in [-0.15, -0.1) is 0 Å². The summed E-state index contributed by atoms with van der Waals surface area (Å²) < 4.78 is 6.85. The number of halogens is 1. The van der Waals surface area contributed by atoms with Crippen LogP contribution < -0.4 is 10.3 Å². The number of nitro groups is 1. The zero-order valence-electron chi connectivity index (χ0n) is 18.5. The average Bonchev–Trinajstić information content (AvgIpc) is 2.85. The molecule has 0 spiro atoms. The van der Waals surface area contributed by atoms with E-state index >= 15 is 0 Å². The first kappa shape index (κ1) is 23.1. The molecule has 0 aliphatic rings. The number of nitrogens with zero attached hydrogens (tertiary/aromatic N) is 4. The van der Waals surface area contributed by atoms with Crippen molar-refractivity contribution in [2.75, 3.05) is 0 Å². The molecule has 1 aromatic heterocycles. The number of aromatic nitrogens is 2. The third-order valence-corrected chi connectivity index (χ3v) is 5.53. The van der Waals surface area contributed by atoms with Gasteiger partial charge in [0.1, 0.15) is 0 Å². The number of hydrogen-bond donors (Lipinski definition) is 0. The molecule has 34 heavy (non-hydrogen) atoms. The first-order chi connectivity index (χ1) is 16.4. The summed E-state index contributed by atoms with van der Waals surface area (Å²) in [6.45, 7) is 3.71. The standard InChI is InChI=1S/C25H21ClN4O4/c1-3-16(2)34-23-20(26)13-17(14-22(23)30(32)33)15-27-29-24(18-9-5-4-6-10-18)28-21-12-8-7-11-19(21)25(29)31/h4-16H,3H2,1-2H3/t16-/m1/s1. The Hall–Kier alpha value is -4.04. The van der Waals surface area contributed by atoms with E-state index in [2.05, 4.69) is 10.1 Å². The van der Waals surface area contributed by atoms with Crippen molar-refractivity contribution in [2.24, 2.45) is 5.10 Å². The van der Waals surface area contributed by atoms with Crippen molar-refractivity contribution in [2.45, 2.75) is 26.4 Å². The average molecular weight is 477 g/mol. The maximum absolute atomic E-state index is 13.2.